The molecular weight excluding hydrogens is 286 g/mol. The molecule has 1 unspecified atom stereocenters. The van der Waals surface area contributed by atoms with Crippen molar-refractivity contribution in [2.75, 3.05) is 13.2 Å². The molecule has 6 heteroatoms. The van der Waals surface area contributed by atoms with Gasteiger partial charge in [0.25, 0.3) is 0 Å². The van der Waals surface area contributed by atoms with E-state index in [9.17, 15) is 9.59 Å². The number of ether oxygens (including phenoxy) is 2. The Morgan fingerprint density at radius 2 is 1.73 bits per heavy atom. The fourth-order valence-electron chi connectivity index (χ4n) is 1.83. The second-order valence-electron chi connectivity index (χ2n) is 4.72. The van der Waals surface area contributed by atoms with E-state index in [1.54, 1.807) is 6.92 Å². The first-order valence-corrected chi connectivity index (χ1v) is 7.44. The van der Waals surface area contributed by atoms with Gasteiger partial charge in [-0.1, -0.05) is 6.92 Å². The minimum Gasteiger partial charge on any atom is -0.494 e. The van der Waals surface area contributed by atoms with Gasteiger partial charge in [0, 0.05) is 6.42 Å². The van der Waals surface area contributed by atoms with Crippen LogP contribution in [0.1, 0.15) is 33.1 Å². The van der Waals surface area contributed by atoms with Crippen molar-refractivity contribution in [3.63, 3.8) is 0 Å². The second kappa shape index (κ2) is 9.65. The lowest BCUT2D eigenvalue weighted by molar-refractivity contribution is -0.141. The topological polar surface area (TPSA) is 84.9 Å². The van der Waals surface area contributed by atoms with E-state index in [0.717, 1.165) is 5.75 Å². The summed E-state index contributed by atoms with van der Waals surface area (Å²) in [6, 6.07) is 6.44. The van der Waals surface area contributed by atoms with Crippen molar-refractivity contribution in [3.8, 4) is 11.5 Å². The zero-order valence-electron chi connectivity index (χ0n) is 13.0. The van der Waals surface area contributed by atoms with Crippen LogP contribution in [0.25, 0.3) is 0 Å². The van der Waals surface area contributed by atoms with Crippen LogP contribution < -0.4 is 14.8 Å². The maximum Gasteiger partial charge on any atom is 0.326 e. The summed E-state index contributed by atoms with van der Waals surface area (Å²) in [6.45, 7) is 4.65. The Kier molecular flexibility index (Phi) is 7.81. The Hall–Kier alpha value is -2.24. The molecule has 2 N–H and O–H groups in total. The summed E-state index contributed by atoms with van der Waals surface area (Å²) < 4.78 is 10.8. The number of carboxylic acid groups (broad SMARTS) is 1. The van der Waals surface area contributed by atoms with Crippen molar-refractivity contribution in [2.45, 2.75) is 39.2 Å². The minimum absolute atomic E-state index is 0.237. The third-order valence-corrected chi connectivity index (χ3v) is 2.99. The molecular formula is C16H23NO5. The Morgan fingerprint density at radius 1 is 1.14 bits per heavy atom. The van der Waals surface area contributed by atoms with Crippen molar-refractivity contribution < 1.29 is 24.2 Å². The number of nitrogens with one attached hydrogen (secondary N) is 1. The average molecular weight is 309 g/mol. The van der Waals surface area contributed by atoms with Crippen LogP contribution in [-0.2, 0) is 9.59 Å². The van der Waals surface area contributed by atoms with Crippen LogP contribution in [0, 0.1) is 0 Å². The van der Waals surface area contributed by atoms with Crippen LogP contribution in [-0.4, -0.2) is 36.2 Å². The van der Waals surface area contributed by atoms with Gasteiger partial charge in [0.15, 0.2) is 0 Å². The van der Waals surface area contributed by atoms with Gasteiger partial charge < -0.3 is 19.9 Å². The summed E-state index contributed by atoms with van der Waals surface area (Å²) >= 11 is 0. The molecule has 0 aliphatic heterocycles. The van der Waals surface area contributed by atoms with E-state index in [4.69, 9.17) is 14.6 Å². The molecule has 0 saturated carbocycles. The number of benzene rings is 1. The molecule has 1 amide bonds. The van der Waals surface area contributed by atoms with Gasteiger partial charge in [0.05, 0.1) is 13.2 Å². The van der Waals surface area contributed by atoms with Crippen LogP contribution in [0.5, 0.6) is 11.5 Å². The molecule has 0 aliphatic rings. The Morgan fingerprint density at radius 3 is 2.23 bits per heavy atom. The van der Waals surface area contributed by atoms with Crippen LogP contribution in [0.4, 0.5) is 0 Å². The van der Waals surface area contributed by atoms with E-state index in [1.165, 1.54) is 0 Å². The molecule has 0 saturated heterocycles. The number of hydrogen-bond donors (Lipinski definition) is 2. The number of aliphatic carboxylic acids is 1. The molecule has 1 aromatic carbocycles. The Labute approximate surface area is 130 Å². The van der Waals surface area contributed by atoms with Gasteiger partial charge in [-0.05, 0) is 44.0 Å². The maximum atomic E-state index is 11.6. The first kappa shape index (κ1) is 17.8. The van der Waals surface area contributed by atoms with Crippen molar-refractivity contribution in [2.24, 2.45) is 0 Å². The first-order valence-electron chi connectivity index (χ1n) is 7.44. The lowest BCUT2D eigenvalue weighted by Crippen LogP contribution is -2.40. The third-order valence-electron chi connectivity index (χ3n) is 2.99. The van der Waals surface area contributed by atoms with Gasteiger partial charge in [-0.3, -0.25) is 4.79 Å². The van der Waals surface area contributed by atoms with E-state index < -0.39 is 12.0 Å². The summed E-state index contributed by atoms with van der Waals surface area (Å²) in [5.41, 5.74) is 0. The predicted octanol–water partition coefficient (Wildman–Crippen LogP) is 2.22. The largest absolute Gasteiger partial charge is 0.494 e. The molecule has 1 aromatic rings. The third kappa shape index (κ3) is 6.47. The van der Waals surface area contributed by atoms with Crippen LogP contribution in [0.3, 0.4) is 0 Å². The second-order valence-corrected chi connectivity index (χ2v) is 4.72. The summed E-state index contributed by atoms with van der Waals surface area (Å²) in [6.07, 6.45) is 1.12. The van der Waals surface area contributed by atoms with Crippen LogP contribution in [0.2, 0.25) is 0 Å². The Bertz CT molecular complexity index is 472. The highest BCUT2D eigenvalue weighted by Crippen LogP contribution is 2.17. The highest BCUT2D eigenvalue weighted by atomic mass is 16.5. The van der Waals surface area contributed by atoms with Crippen LogP contribution >= 0.6 is 0 Å². The van der Waals surface area contributed by atoms with Gasteiger partial charge in [0.1, 0.15) is 17.5 Å². The van der Waals surface area contributed by atoms with E-state index in [2.05, 4.69) is 5.32 Å². The fourth-order valence-corrected chi connectivity index (χ4v) is 1.83. The van der Waals surface area contributed by atoms with E-state index in [-0.39, 0.29) is 12.3 Å². The Balaban J connectivity index is 2.24. The monoisotopic (exact) mass is 309 g/mol. The zero-order chi connectivity index (χ0) is 16.4. The molecule has 1 atom stereocenters. The summed E-state index contributed by atoms with van der Waals surface area (Å²) in [5, 5.41) is 11.3. The number of rotatable bonds is 10. The van der Waals surface area contributed by atoms with Gasteiger partial charge in [0.2, 0.25) is 5.91 Å². The van der Waals surface area contributed by atoms with Gasteiger partial charge in [-0.25, -0.2) is 4.79 Å². The highest BCUT2D eigenvalue weighted by molar-refractivity contribution is 5.83. The molecule has 0 fully saturated rings. The number of carboxylic acids is 1. The van der Waals surface area contributed by atoms with E-state index >= 15 is 0 Å². The van der Waals surface area contributed by atoms with Gasteiger partial charge >= 0.3 is 5.97 Å². The average Bonchev–Trinajstić information content (AvgIpc) is 2.50. The van der Waals surface area contributed by atoms with Crippen molar-refractivity contribution in [1.29, 1.82) is 0 Å². The lowest BCUT2D eigenvalue weighted by atomic mass is 10.2. The fraction of sp³-hybridized carbons (Fsp3) is 0.500. The predicted molar refractivity (Wildman–Crippen MR) is 82.2 cm³/mol. The molecule has 122 valence electrons. The van der Waals surface area contributed by atoms with E-state index in [1.807, 2.05) is 31.2 Å². The first-order chi connectivity index (χ1) is 10.6. The van der Waals surface area contributed by atoms with E-state index in [0.29, 0.717) is 31.8 Å². The molecule has 0 bridgehead atoms. The van der Waals surface area contributed by atoms with Crippen molar-refractivity contribution >= 4 is 11.9 Å². The summed E-state index contributed by atoms with van der Waals surface area (Å²) in [4.78, 5) is 22.4. The molecule has 0 heterocycles. The number of carbonyl (C=O) groups excluding carboxylic acids is 1. The number of amides is 1. The normalized spacial score (nSPS) is 11.5. The quantitative estimate of drug-likeness (QED) is 0.647. The van der Waals surface area contributed by atoms with Crippen molar-refractivity contribution in [1.82, 2.24) is 5.32 Å². The lowest BCUT2D eigenvalue weighted by Gasteiger charge is -2.12. The zero-order valence-corrected chi connectivity index (χ0v) is 13.0. The SMILES string of the molecule is CCOc1ccc(OCCCC(=O)NC(CC)C(=O)O)cc1. The number of carbonyl (C=O) groups is 2. The van der Waals surface area contributed by atoms with Gasteiger partial charge in [-0.2, -0.15) is 0 Å². The van der Waals surface area contributed by atoms with Gasteiger partial charge in [-0.15, -0.1) is 0 Å². The standard InChI is InChI=1S/C16H23NO5/c1-3-14(16(19)20)17-15(18)6-5-11-22-13-9-7-12(8-10-13)21-4-2/h7-10,14H,3-6,11H2,1-2H3,(H,17,18)(H,19,20). The summed E-state index contributed by atoms with van der Waals surface area (Å²) in [5.74, 6) is 0.209. The molecule has 0 spiro atoms. The number of hydrogen-bond acceptors (Lipinski definition) is 4. The van der Waals surface area contributed by atoms with Crippen molar-refractivity contribution in [3.05, 3.63) is 24.3 Å². The maximum absolute atomic E-state index is 11.6. The molecule has 0 radical (unpaired) electrons. The molecule has 1 rings (SSSR count). The highest BCUT2D eigenvalue weighted by Gasteiger charge is 2.16. The summed E-state index contributed by atoms with van der Waals surface area (Å²) in [7, 11) is 0. The smallest absolute Gasteiger partial charge is 0.326 e. The molecule has 0 aliphatic carbocycles. The minimum atomic E-state index is -1.01. The molecule has 22 heavy (non-hydrogen) atoms. The molecule has 6 nitrogen and oxygen atoms in total. The molecule has 0 aromatic heterocycles. The van der Waals surface area contributed by atoms with Crippen LogP contribution in [0.15, 0.2) is 24.3 Å².